The lowest BCUT2D eigenvalue weighted by Gasteiger charge is -2.18. The first-order valence-electron chi connectivity index (χ1n) is 10.0. The molecule has 0 spiro atoms. The third-order valence-corrected chi connectivity index (χ3v) is 5.04. The standard InChI is InChI=1S/C24H27N3O4/c1-15-9-10-16(2)22(11-15)25-23(28)13-27(5)24(29)19-7-6-8-20(12-19)30-14-21-17(3)26-31-18(21)4/h6-12H,13-14H2,1-5H3,(H,25,28). The van der Waals surface area contributed by atoms with Crippen LogP contribution in [-0.4, -0.2) is 35.5 Å². The van der Waals surface area contributed by atoms with Crippen molar-refractivity contribution in [3.8, 4) is 5.75 Å². The van der Waals surface area contributed by atoms with Gasteiger partial charge in [-0.2, -0.15) is 0 Å². The van der Waals surface area contributed by atoms with Gasteiger partial charge >= 0.3 is 0 Å². The van der Waals surface area contributed by atoms with Crippen LogP contribution in [0, 0.1) is 27.7 Å². The monoisotopic (exact) mass is 421 g/mol. The molecule has 0 aliphatic rings. The Morgan fingerprint density at radius 1 is 1.10 bits per heavy atom. The van der Waals surface area contributed by atoms with Crippen molar-refractivity contribution in [2.75, 3.05) is 18.9 Å². The average molecular weight is 421 g/mol. The Morgan fingerprint density at radius 3 is 2.58 bits per heavy atom. The van der Waals surface area contributed by atoms with Crippen LogP contribution >= 0.6 is 0 Å². The van der Waals surface area contributed by atoms with Crippen LogP contribution < -0.4 is 10.1 Å². The van der Waals surface area contributed by atoms with E-state index < -0.39 is 0 Å². The number of nitrogens with one attached hydrogen (secondary N) is 1. The molecule has 0 bridgehead atoms. The number of hydrogen-bond donors (Lipinski definition) is 1. The molecule has 1 heterocycles. The van der Waals surface area contributed by atoms with Gasteiger partial charge < -0.3 is 19.5 Å². The number of ether oxygens (including phenoxy) is 1. The molecule has 3 rings (SSSR count). The summed E-state index contributed by atoms with van der Waals surface area (Å²) in [5, 5.41) is 6.79. The molecule has 0 saturated carbocycles. The molecule has 0 atom stereocenters. The minimum atomic E-state index is -0.265. The van der Waals surface area contributed by atoms with Crippen molar-refractivity contribution >= 4 is 17.5 Å². The van der Waals surface area contributed by atoms with Gasteiger partial charge in [0.15, 0.2) is 0 Å². The Kier molecular flexibility index (Phi) is 6.74. The lowest BCUT2D eigenvalue weighted by Crippen LogP contribution is -2.35. The molecule has 3 aromatic rings. The van der Waals surface area contributed by atoms with Crippen LogP contribution in [-0.2, 0) is 11.4 Å². The predicted molar refractivity (Wildman–Crippen MR) is 118 cm³/mol. The molecule has 0 radical (unpaired) electrons. The van der Waals surface area contributed by atoms with Crippen LogP contribution in [0.1, 0.15) is 38.5 Å². The van der Waals surface area contributed by atoms with Gasteiger partial charge in [0.25, 0.3) is 5.91 Å². The van der Waals surface area contributed by atoms with E-state index in [1.807, 2.05) is 45.9 Å². The molecule has 7 heteroatoms. The topological polar surface area (TPSA) is 84.7 Å². The van der Waals surface area contributed by atoms with Gasteiger partial charge in [-0.1, -0.05) is 23.4 Å². The van der Waals surface area contributed by atoms with E-state index in [1.54, 1.807) is 31.3 Å². The molecular formula is C24H27N3O4. The van der Waals surface area contributed by atoms with E-state index in [4.69, 9.17) is 9.26 Å². The first-order valence-corrected chi connectivity index (χ1v) is 10.0. The zero-order valence-corrected chi connectivity index (χ0v) is 18.5. The molecule has 1 aromatic heterocycles. The first-order chi connectivity index (χ1) is 14.7. The number of amides is 2. The number of likely N-dealkylation sites (N-methyl/N-ethyl adjacent to an activating group) is 1. The van der Waals surface area contributed by atoms with E-state index in [0.29, 0.717) is 23.7 Å². The maximum Gasteiger partial charge on any atom is 0.254 e. The highest BCUT2D eigenvalue weighted by molar-refractivity contribution is 5.99. The van der Waals surface area contributed by atoms with Gasteiger partial charge in [-0.3, -0.25) is 9.59 Å². The molecule has 2 aromatic carbocycles. The molecular weight excluding hydrogens is 394 g/mol. The van der Waals surface area contributed by atoms with Gasteiger partial charge in [-0.15, -0.1) is 0 Å². The molecule has 7 nitrogen and oxygen atoms in total. The first kappa shape index (κ1) is 22.1. The fourth-order valence-corrected chi connectivity index (χ4v) is 3.15. The Morgan fingerprint density at radius 2 is 1.87 bits per heavy atom. The van der Waals surface area contributed by atoms with E-state index in [-0.39, 0.29) is 18.4 Å². The number of benzene rings is 2. The van der Waals surface area contributed by atoms with Gasteiger partial charge in [0.05, 0.1) is 17.8 Å². The molecule has 0 aliphatic carbocycles. The van der Waals surface area contributed by atoms with E-state index >= 15 is 0 Å². The Labute approximate surface area is 182 Å². The van der Waals surface area contributed by atoms with Crippen LogP contribution in [0.3, 0.4) is 0 Å². The smallest absolute Gasteiger partial charge is 0.254 e. The highest BCUT2D eigenvalue weighted by Gasteiger charge is 2.17. The van der Waals surface area contributed by atoms with Crippen LogP contribution in [0.15, 0.2) is 47.0 Å². The highest BCUT2D eigenvalue weighted by Crippen LogP contribution is 2.20. The van der Waals surface area contributed by atoms with Crippen molar-refractivity contribution in [1.29, 1.82) is 0 Å². The number of aryl methyl sites for hydroxylation is 4. The molecule has 31 heavy (non-hydrogen) atoms. The van der Waals surface area contributed by atoms with E-state index in [0.717, 1.165) is 28.1 Å². The van der Waals surface area contributed by atoms with Crippen molar-refractivity contribution in [3.63, 3.8) is 0 Å². The van der Waals surface area contributed by atoms with E-state index in [9.17, 15) is 9.59 Å². The van der Waals surface area contributed by atoms with Gasteiger partial charge in [-0.05, 0) is 63.1 Å². The molecule has 0 fully saturated rings. The minimum Gasteiger partial charge on any atom is -0.489 e. The van der Waals surface area contributed by atoms with Gasteiger partial charge in [0.1, 0.15) is 18.1 Å². The summed E-state index contributed by atoms with van der Waals surface area (Å²) in [5.41, 5.74) is 4.88. The molecule has 0 unspecified atom stereocenters. The fraction of sp³-hybridized carbons (Fsp3) is 0.292. The van der Waals surface area contributed by atoms with Crippen molar-refractivity contribution < 1.29 is 18.8 Å². The molecule has 0 saturated heterocycles. The summed E-state index contributed by atoms with van der Waals surface area (Å²) in [6.45, 7) is 7.82. The number of aromatic nitrogens is 1. The molecule has 2 amide bonds. The van der Waals surface area contributed by atoms with Crippen molar-refractivity contribution in [2.24, 2.45) is 0 Å². The quantitative estimate of drug-likeness (QED) is 0.618. The number of carbonyl (C=O) groups excluding carboxylic acids is 2. The lowest BCUT2D eigenvalue weighted by molar-refractivity contribution is -0.116. The van der Waals surface area contributed by atoms with Gasteiger partial charge in [-0.25, -0.2) is 0 Å². The summed E-state index contributed by atoms with van der Waals surface area (Å²) in [7, 11) is 1.60. The summed E-state index contributed by atoms with van der Waals surface area (Å²) >= 11 is 0. The summed E-state index contributed by atoms with van der Waals surface area (Å²) in [6.07, 6.45) is 0. The summed E-state index contributed by atoms with van der Waals surface area (Å²) < 4.78 is 11.0. The highest BCUT2D eigenvalue weighted by atomic mass is 16.5. The summed E-state index contributed by atoms with van der Waals surface area (Å²) in [5.74, 6) is 0.743. The van der Waals surface area contributed by atoms with Crippen molar-refractivity contribution in [1.82, 2.24) is 10.1 Å². The lowest BCUT2D eigenvalue weighted by atomic mass is 10.1. The second-order valence-corrected chi connectivity index (χ2v) is 7.65. The SMILES string of the molecule is Cc1ccc(C)c(NC(=O)CN(C)C(=O)c2cccc(OCc3c(C)noc3C)c2)c1. The third-order valence-electron chi connectivity index (χ3n) is 5.04. The van der Waals surface area contributed by atoms with E-state index in [2.05, 4.69) is 10.5 Å². The predicted octanol–water partition coefficient (Wildman–Crippen LogP) is 4.20. The second-order valence-electron chi connectivity index (χ2n) is 7.65. The van der Waals surface area contributed by atoms with Gasteiger partial charge in [0.2, 0.25) is 5.91 Å². The normalized spacial score (nSPS) is 10.6. The second kappa shape index (κ2) is 9.47. The fourth-order valence-electron chi connectivity index (χ4n) is 3.15. The number of hydrogen-bond acceptors (Lipinski definition) is 5. The molecule has 0 aliphatic heterocycles. The zero-order chi connectivity index (χ0) is 22.5. The van der Waals surface area contributed by atoms with Crippen LogP contribution in [0.25, 0.3) is 0 Å². The summed E-state index contributed by atoms with van der Waals surface area (Å²) in [6, 6.07) is 12.7. The van der Waals surface area contributed by atoms with E-state index in [1.165, 1.54) is 4.90 Å². The van der Waals surface area contributed by atoms with Crippen molar-refractivity contribution in [2.45, 2.75) is 34.3 Å². The summed E-state index contributed by atoms with van der Waals surface area (Å²) in [4.78, 5) is 26.6. The largest absolute Gasteiger partial charge is 0.489 e. The van der Waals surface area contributed by atoms with Crippen LogP contribution in [0.5, 0.6) is 5.75 Å². The van der Waals surface area contributed by atoms with Gasteiger partial charge in [0, 0.05) is 18.3 Å². The van der Waals surface area contributed by atoms with Crippen LogP contribution in [0.2, 0.25) is 0 Å². The number of nitrogens with zero attached hydrogens (tertiary/aromatic N) is 2. The zero-order valence-electron chi connectivity index (χ0n) is 18.5. The molecule has 1 N–H and O–H groups in total. The Hall–Kier alpha value is -3.61. The van der Waals surface area contributed by atoms with Crippen LogP contribution in [0.4, 0.5) is 5.69 Å². The average Bonchev–Trinajstić information content (AvgIpc) is 3.06. The maximum absolute atomic E-state index is 12.8. The van der Waals surface area contributed by atoms with Crippen molar-refractivity contribution in [3.05, 3.63) is 76.2 Å². The molecule has 162 valence electrons. The number of rotatable bonds is 7. The minimum absolute atomic E-state index is 0.0591. The Bertz CT molecular complexity index is 1080. The third kappa shape index (κ3) is 5.51. The Balaban J connectivity index is 1.62. The number of carbonyl (C=O) groups is 2. The number of anilines is 1. The maximum atomic E-state index is 12.8.